The quantitative estimate of drug-likeness (QED) is 0.869. The van der Waals surface area contributed by atoms with Crippen molar-refractivity contribution >= 4 is 11.3 Å². The predicted molar refractivity (Wildman–Crippen MR) is 70.0 cm³/mol. The monoisotopic (exact) mass is 238 g/mol. The normalized spacial score (nSPS) is 25.2. The third-order valence-corrected chi connectivity index (χ3v) is 4.81. The molecule has 1 aliphatic rings. The first-order valence-corrected chi connectivity index (χ1v) is 7.19. The first kappa shape index (κ1) is 12.1. The van der Waals surface area contributed by atoms with Crippen LogP contribution < -0.4 is 5.32 Å². The fraction of sp³-hybridized carbons (Fsp3) is 0.769. The van der Waals surface area contributed by atoms with Crippen molar-refractivity contribution in [2.45, 2.75) is 52.5 Å². The molecule has 1 fully saturated rings. The van der Waals surface area contributed by atoms with E-state index in [9.17, 15) is 0 Å². The molecule has 1 aliphatic carbocycles. The molecule has 0 amide bonds. The minimum atomic E-state index is 0.745. The third kappa shape index (κ3) is 2.64. The van der Waals surface area contributed by atoms with Crippen LogP contribution in [0.2, 0.25) is 0 Å². The molecule has 0 radical (unpaired) electrons. The number of hydrogen-bond donors (Lipinski definition) is 1. The molecular weight excluding hydrogens is 216 g/mol. The van der Waals surface area contributed by atoms with Gasteiger partial charge in [-0.25, -0.2) is 4.98 Å². The molecule has 2 unspecified atom stereocenters. The number of hydrogen-bond acceptors (Lipinski definition) is 3. The maximum absolute atomic E-state index is 4.76. The highest BCUT2D eigenvalue weighted by Gasteiger charge is 2.25. The Labute approximate surface area is 102 Å². The van der Waals surface area contributed by atoms with Crippen molar-refractivity contribution in [2.75, 3.05) is 6.54 Å². The van der Waals surface area contributed by atoms with E-state index in [0.29, 0.717) is 0 Å². The Morgan fingerprint density at radius 1 is 1.44 bits per heavy atom. The lowest BCUT2D eigenvalue weighted by Crippen LogP contribution is -2.11. The van der Waals surface area contributed by atoms with Crippen molar-refractivity contribution < 1.29 is 0 Å². The summed E-state index contributed by atoms with van der Waals surface area (Å²) in [6.45, 7) is 8.68. The van der Waals surface area contributed by atoms with Crippen LogP contribution in [0.5, 0.6) is 0 Å². The number of rotatable bonds is 4. The summed E-state index contributed by atoms with van der Waals surface area (Å²) in [4.78, 5) is 6.19. The Morgan fingerprint density at radius 2 is 2.25 bits per heavy atom. The van der Waals surface area contributed by atoms with Gasteiger partial charge in [-0.2, -0.15) is 0 Å². The average molecular weight is 238 g/mol. The van der Waals surface area contributed by atoms with Gasteiger partial charge in [-0.15, -0.1) is 11.3 Å². The molecule has 1 aromatic rings. The Morgan fingerprint density at radius 3 is 2.88 bits per heavy atom. The fourth-order valence-electron chi connectivity index (χ4n) is 2.46. The van der Waals surface area contributed by atoms with Gasteiger partial charge in [0.15, 0.2) is 0 Å². The highest BCUT2D eigenvalue weighted by atomic mass is 32.1. The van der Waals surface area contributed by atoms with Gasteiger partial charge in [-0.1, -0.05) is 20.3 Å². The Hall–Kier alpha value is -0.410. The molecule has 1 N–H and O–H groups in total. The lowest BCUT2D eigenvalue weighted by Gasteiger charge is -2.04. The molecule has 90 valence electrons. The van der Waals surface area contributed by atoms with Gasteiger partial charge < -0.3 is 5.32 Å². The minimum Gasteiger partial charge on any atom is -0.312 e. The maximum Gasteiger partial charge on any atom is 0.0962 e. The molecule has 1 aromatic heterocycles. The van der Waals surface area contributed by atoms with E-state index in [1.165, 1.54) is 34.8 Å². The van der Waals surface area contributed by atoms with Crippen LogP contribution in [-0.2, 0) is 6.54 Å². The van der Waals surface area contributed by atoms with Gasteiger partial charge in [0.1, 0.15) is 0 Å². The second-order valence-electron chi connectivity index (χ2n) is 4.96. The van der Waals surface area contributed by atoms with Crippen LogP contribution in [0, 0.1) is 12.8 Å². The first-order chi connectivity index (χ1) is 7.70. The van der Waals surface area contributed by atoms with Crippen molar-refractivity contribution in [2.24, 2.45) is 5.92 Å². The molecule has 0 aromatic carbocycles. The Kier molecular flexibility index (Phi) is 3.98. The smallest absolute Gasteiger partial charge is 0.0962 e. The Balaban J connectivity index is 2.05. The lowest BCUT2D eigenvalue weighted by molar-refractivity contribution is 0.595. The van der Waals surface area contributed by atoms with Crippen molar-refractivity contribution in [3.05, 3.63) is 15.6 Å². The van der Waals surface area contributed by atoms with E-state index < -0.39 is 0 Å². The van der Waals surface area contributed by atoms with Crippen molar-refractivity contribution in [1.29, 1.82) is 0 Å². The van der Waals surface area contributed by atoms with E-state index in [4.69, 9.17) is 4.98 Å². The number of nitrogens with one attached hydrogen (secondary N) is 1. The van der Waals surface area contributed by atoms with E-state index in [2.05, 4.69) is 26.1 Å². The van der Waals surface area contributed by atoms with Gasteiger partial charge in [0.2, 0.25) is 0 Å². The van der Waals surface area contributed by atoms with Crippen LogP contribution in [0.3, 0.4) is 0 Å². The molecule has 0 saturated heterocycles. The number of nitrogens with zero attached hydrogens (tertiary/aromatic N) is 1. The van der Waals surface area contributed by atoms with E-state index in [-0.39, 0.29) is 0 Å². The van der Waals surface area contributed by atoms with Crippen LogP contribution in [0.1, 0.15) is 54.6 Å². The average Bonchev–Trinajstić information content (AvgIpc) is 2.82. The van der Waals surface area contributed by atoms with Gasteiger partial charge >= 0.3 is 0 Å². The van der Waals surface area contributed by atoms with Crippen LogP contribution >= 0.6 is 11.3 Å². The van der Waals surface area contributed by atoms with Crippen molar-refractivity contribution in [1.82, 2.24) is 10.3 Å². The zero-order valence-corrected chi connectivity index (χ0v) is 11.4. The molecule has 2 rings (SSSR count). The second-order valence-corrected chi connectivity index (χ2v) is 6.07. The van der Waals surface area contributed by atoms with Crippen LogP contribution in [0.4, 0.5) is 0 Å². The lowest BCUT2D eigenvalue weighted by atomic mass is 10.1. The van der Waals surface area contributed by atoms with Gasteiger partial charge in [0.05, 0.1) is 10.7 Å². The van der Waals surface area contributed by atoms with Crippen LogP contribution in [0.15, 0.2) is 0 Å². The molecule has 0 aliphatic heterocycles. The zero-order chi connectivity index (χ0) is 11.5. The fourth-order valence-corrected chi connectivity index (χ4v) is 3.64. The van der Waals surface area contributed by atoms with Crippen molar-refractivity contribution in [3.63, 3.8) is 0 Å². The molecule has 3 heteroatoms. The molecule has 2 nitrogen and oxygen atoms in total. The number of thiazole rings is 1. The molecule has 1 saturated carbocycles. The zero-order valence-electron chi connectivity index (χ0n) is 10.5. The summed E-state index contributed by atoms with van der Waals surface area (Å²) in [5.41, 5.74) is 1.24. The number of aryl methyl sites for hydroxylation is 1. The van der Waals surface area contributed by atoms with Gasteiger partial charge in [0, 0.05) is 17.3 Å². The molecule has 0 spiro atoms. The summed E-state index contributed by atoms with van der Waals surface area (Å²) >= 11 is 1.93. The predicted octanol–water partition coefficient (Wildman–Crippen LogP) is 3.46. The van der Waals surface area contributed by atoms with E-state index in [1.54, 1.807) is 0 Å². The van der Waals surface area contributed by atoms with Crippen LogP contribution in [0.25, 0.3) is 0 Å². The summed E-state index contributed by atoms with van der Waals surface area (Å²) in [6.07, 6.45) is 4.06. The molecule has 1 heterocycles. The van der Waals surface area contributed by atoms with E-state index in [1.807, 2.05) is 11.3 Å². The van der Waals surface area contributed by atoms with E-state index in [0.717, 1.165) is 24.9 Å². The SMILES string of the molecule is CCNCc1sc(C2CCC(C)C2)nc1C. The van der Waals surface area contributed by atoms with E-state index >= 15 is 0 Å². The topological polar surface area (TPSA) is 24.9 Å². The third-order valence-electron chi connectivity index (χ3n) is 3.49. The molecule has 2 atom stereocenters. The summed E-state index contributed by atoms with van der Waals surface area (Å²) in [5, 5.41) is 4.77. The minimum absolute atomic E-state index is 0.745. The summed E-state index contributed by atoms with van der Waals surface area (Å²) in [5.74, 6) is 1.64. The first-order valence-electron chi connectivity index (χ1n) is 6.37. The second kappa shape index (κ2) is 5.28. The largest absolute Gasteiger partial charge is 0.312 e. The Bertz CT molecular complexity index is 346. The van der Waals surface area contributed by atoms with Gasteiger partial charge in [0.25, 0.3) is 0 Å². The van der Waals surface area contributed by atoms with Gasteiger partial charge in [-0.05, 0) is 32.2 Å². The highest BCUT2D eigenvalue weighted by Crippen LogP contribution is 2.40. The molecule has 16 heavy (non-hydrogen) atoms. The summed E-state index contributed by atoms with van der Waals surface area (Å²) in [7, 11) is 0. The number of aromatic nitrogens is 1. The van der Waals surface area contributed by atoms with Crippen LogP contribution in [-0.4, -0.2) is 11.5 Å². The highest BCUT2D eigenvalue weighted by molar-refractivity contribution is 7.11. The molecule has 0 bridgehead atoms. The summed E-state index contributed by atoms with van der Waals surface area (Å²) < 4.78 is 0. The van der Waals surface area contributed by atoms with Crippen molar-refractivity contribution in [3.8, 4) is 0 Å². The molecular formula is C13H22N2S. The van der Waals surface area contributed by atoms with Gasteiger partial charge in [-0.3, -0.25) is 0 Å². The standard InChI is InChI=1S/C13H22N2S/c1-4-14-8-12-10(3)15-13(16-12)11-6-5-9(2)7-11/h9,11,14H,4-8H2,1-3H3. The maximum atomic E-state index is 4.76. The summed E-state index contributed by atoms with van der Waals surface area (Å²) in [6, 6.07) is 0.